The number of aromatic nitrogens is 2. The van der Waals surface area contributed by atoms with Crippen molar-refractivity contribution in [1.82, 2.24) is 9.38 Å². The zero-order valence-electron chi connectivity index (χ0n) is 14.5. The largest absolute Gasteiger partial charge is 0.485 e. The molecule has 0 amide bonds. The highest BCUT2D eigenvalue weighted by Crippen LogP contribution is 2.31. The molecule has 1 aliphatic heterocycles. The fourth-order valence-electron chi connectivity index (χ4n) is 3.07. The highest BCUT2D eigenvalue weighted by molar-refractivity contribution is 7.23. The maximum absolute atomic E-state index is 12.5. The van der Waals surface area contributed by atoms with Gasteiger partial charge in [-0.15, -0.1) is 0 Å². The standard InChI is InChI=1S/C20H14N2O5S/c23-18-9-12(21-20-22(18)13-5-1-4-8-17(13)28-20)10-26-19(24)16-11-25-14-6-2-3-7-15(14)27-16/h1-9,16H,10-11H2/t16-/m0/s1. The Morgan fingerprint density at radius 1 is 1.18 bits per heavy atom. The first-order valence-electron chi connectivity index (χ1n) is 8.64. The molecule has 0 radical (unpaired) electrons. The van der Waals surface area contributed by atoms with E-state index in [0.29, 0.717) is 22.2 Å². The minimum atomic E-state index is -0.857. The van der Waals surface area contributed by atoms with Crippen LogP contribution in [0.1, 0.15) is 5.69 Å². The van der Waals surface area contributed by atoms with Gasteiger partial charge in [-0.25, -0.2) is 9.78 Å². The lowest BCUT2D eigenvalue weighted by molar-refractivity contribution is -0.156. The van der Waals surface area contributed by atoms with Crippen LogP contribution in [0.4, 0.5) is 0 Å². The van der Waals surface area contributed by atoms with Crippen molar-refractivity contribution >= 4 is 32.5 Å². The van der Waals surface area contributed by atoms with Crippen molar-refractivity contribution < 1.29 is 19.0 Å². The molecule has 5 rings (SSSR count). The van der Waals surface area contributed by atoms with Gasteiger partial charge < -0.3 is 14.2 Å². The Kier molecular flexibility index (Phi) is 3.98. The smallest absolute Gasteiger partial charge is 0.351 e. The molecule has 140 valence electrons. The maximum Gasteiger partial charge on any atom is 0.351 e. The first-order chi connectivity index (χ1) is 13.7. The van der Waals surface area contributed by atoms with Crippen LogP contribution in [0.15, 0.2) is 59.4 Å². The molecule has 0 saturated heterocycles. The average Bonchev–Trinajstić information content (AvgIpc) is 3.10. The summed E-state index contributed by atoms with van der Waals surface area (Å²) in [5.41, 5.74) is 0.997. The lowest BCUT2D eigenvalue weighted by atomic mass is 10.2. The van der Waals surface area contributed by atoms with Crippen molar-refractivity contribution in [3.63, 3.8) is 0 Å². The Morgan fingerprint density at radius 3 is 2.86 bits per heavy atom. The highest BCUT2D eigenvalue weighted by atomic mass is 32.1. The number of nitrogens with zero attached hydrogens (tertiary/aromatic N) is 2. The van der Waals surface area contributed by atoms with E-state index >= 15 is 0 Å². The molecular formula is C20H14N2O5S. The molecule has 3 heterocycles. The van der Waals surface area contributed by atoms with E-state index in [9.17, 15) is 9.59 Å². The van der Waals surface area contributed by atoms with E-state index < -0.39 is 12.1 Å². The first-order valence-corrected chi connectivity index (χ1v) is 9.46. The molecule has 0 aliphatic carbocycles. The molecule has 4 aromatic rings. The van der Waals surface area contributed by atoms with Gasteiger partial charge >= 0.3 is 5.97 Å². The third-order valence-electron chi connectivity index (χ3n) is 4.38. The number of thiazole rings is 1. The lowest BCUT2D eigenvalue weighted by Gasteiger charge is -2.24. The fourth-order valence-corrected chi connectivity index (χ4v) is 4.12. The summed E-state index contributed by atoms with van der Waals surface area (Å²) in [5, 5.41) is 0. The third kappa shape index (κ3) is 2.87. The Bertz CT molecular complexity index is 1260. The zero-order valence-corrected chi connectivity index (χ0v) is 15.3. The number of para-hydroxylation sites is 3. The van der Waals surface area contributed by atoms with E-state index in [1.807, 2.05) is 30.3 Å². The van der Waals surface area contributed by atoms with E-state index in [0.717, 1.165) is 10.2 Å². The molecular weight excluding hydrogens is 380 g/mol. The van der Waals surface area contributed by atoms with Crippen LogP contribution in [0.3, 0.4) is 0 Å². The van der Waals surface area contributed by atoms with Crippen molar-refractivity contribution in [2.45, 2.75) is 12.7 Å². The van der Waals surface area contributed by atoms with E-state index in [1.165, 1.54) is 17.4 Å². The predicted molar refractivity (Wildman–Crippen MR) is 103 cm³/mol. The van der Waals surface area contributed by atoms with Crippen LogP contribution in [0.2, 0.25) is 0 Å². The molecule has 1 aliphatic rings. The van der Waals surface area contributed by atoms with Gasteiger partial charge in [0.2, 0.25) is 6.10 Å². The van der Waals surface area contributed by atoms with Crippen molar-refractivity contribution in [3.8, 4) is 11.5 Å². The summed E-state index contributed by atoms with van der Waals surface area (Å²) < 4.78 is 19.0. The Morgan fingerprint density at radius 2 is 1.96 bits per heavy atom. The molecule has 0 spiro atoms. The van der Waals surface area contributed by atoms with E-state index in [-0.39, 0.29) is 18.8 Å². The number of benzene rings is 2. The van der Waals surface area contributed by atoms with Gasteiger partial charge in [-0.2, -0.15) is 0 Å². The third-order valence-corrected chi connectivity index (χ3v) is 5.40. The molecule has 2 aromatic heterocycles. The van der Waals surface area contributed by atoms with Crippen LogP contribution in [-0.4, -0.2) is 28.1 Å². The van der Waals surface area contributed by atoms with E-state index in [4.69, 9.17) is 14.2 Å². The molecule has 0 unspecified atom stereocenters. The second-order valence-corrected chi connectivity index (χ2v) is 7.25. The van der Waals surface area contributed by atoms with Gasteiger partial charge in [0.1, 0.15) is 13.2 Å². The van der Waals surface area contributed by atoms with Crippen LogP contribution in [0.25, 0.3) is 15.2 Å². The van der Waals surface area contributed by atoms with Crippen molar-refractivity contribution in [1.29, 1.82) is 0 Å². The molecule has 28 heavy (non-hydrogen) atoms. The molecule has 2 aromatic carbocycles. The second kappa shape index (κ2) is 6.65. The number of hydrogen-bond donors (Lipinski definition) is 0. The number of esters is 1. The van der Waals surface area contributed by atoms with Gasteiger partial charge in [0.05, 0.1) is 15.9 Å². The lowest BCUT2D eigenvalue weighted by Crippen LogP contribution is -2.37. The normalized spacial score (nSPS) is 15.6. The quantitative estimate of drug-likeness (QED) is 0.497. The molecule has 0 saturated carbocycles. The number of carbonyl (C=O) groups is 1. The summed E-state index contributed by atoms with van der Waals surface area (Å²) in [6.45, 7) is -0.0401. The van der Waals surface area contributed by atoms with Crippen LogP contribution >= 0.6 is 11.3 Å². The van der Waals surface area contributed by atoms with Gasteiger partial charge in [0, 0.05) is 6.07 Å². The summed E-state index contributed by atoms with van der Waals surface area (Å²) in [6.07, 6.45) is -0.857. The Hall–Kier alpha value is -3.39. The molecule has 0 bridgehead atoms. The molecule has 8 heteroatoms. The van der Waals surface area contributed by atoms with Gasteiger partial charge in [-0.05, 0) is 24.3 Å². The molecule has 0 fully saturated rings. The van der Waals surface area contributed by atoms with Crippen LogP contribution in [0.5, 0.6) is 11.5 Å². The molecule has 0 N–H and O–H groups in total. The van der Waals surface area contributed by atoms with Gasteiger partial charge in [-0.3, -0.25) is 9.20 Å². The number of rotatable bonds is 3. The second-order valence-electron chi connectivity index (χ2n) is 6.25. The van der Waals surface area contributed by atoms with Crippen molar-refractivity contribution in [2.75, 3.05) is 6.61 Å². The molecule has 7 nitrogen and oxygen atoms in total. The summed E-state index contributed by atoms with van der Waals surface area (Å²) in [7, 11) is 0. The summed E-state index contributed by atoms with van der Waals surface area (Å²) in [6, 6.07) is 16.1. The number of hydrogen-bond acceptors (Lipinski definition) is 7. The van der Waals surface area contributed by atoms with E-state index in [1.54, 1.807) is 22.6 Å². The number of carbonyl (C=O) groups excluding carboxylic acids is 1. The maximum atomic E-state index is 12.5. The number of fused-ring (bicyclic) bond motifs is 4. The average molecular weight is 394 g/mol. The first kappa shape index (κ1) is 16.8. The van der Waals surface area contributed by atoms with Crippen LogP contribution in [0, 0.1) is 0 Å². The van der Waals surface area contributed by atoms with Crippen molar-refractivity contribution in [2.24, 2.45) is 0 Å². The van der Waals surface area contributed by atoms with Gasteiger partial charge in [-0.1, -0.05) is 35.6 Å². The topological polar surface area (TPSA) is 79.1 Å². The van der Waals surface area contributed by atoms with Crippen molar-refractivity contribution in [3.05, 3.63) is 70.6 Å². The molecule has 1 atom stereocenters. The minimum absolute atomic E-state index is 0.0707. The summed E-state index contributed by atoms with van der Waals surface area (Å²) >= 11 is 1.41. The predicted octanol–water partition coefficient (Wildman–Crippen LogP) is 2.79. The van der Waals surface area contributed by atoms with Gasteiger partial charge in [0.15, 0.2) is 16.5 Å². The minimum Gasteiger partial charge on any atom is -0.485 e. The summed E-state index contributed by atoms with van der Waals surface area (Å²) in [5.74, 6) is 0.531. The monoisotopic (exact) mass is 394 g/mol. The Labute approximate surface area is 162 Å². The highest BCUT2D eigenvalue weighted by Gasteiger charge is 2.28. The Balaban J connectivity index is 1.34. The zero-order chi connectivity index (χ0) is 19.1. The fraction of sp³-hybridized carbons (Fsp3) is 0.150. The van der Waals surface area contributed by atoms with Crippen LogP contribution in [-0.2, 0) is 16.1 Å². The van der Waals surface area contributed by atoms with Crippen LogP contribution < -0.4 is 15.0 Å². The van der Waals surface area contributed by atoms with E-state index in [2.05, 4.69) is 4.98 Å². The summed E-state index contributed by atoms with van der Waals surface area (Å²) in [4.78, 5) is 29.9. The van der Waals surface area contributed by atoms with Gasteiger partial charge in [0.25, 0.3) is 5.56 Å². The SMILES string of the molecule is O=C(OCc1cc(=O)n2c(n1)sc1ccccc12)[C@@H]1COc2ccccc2O1. The number of ether oxygens (including phenoxy) is 3.